The first-order valence-electron chi connectivity index (χ1n) is 6.39. The number of nitrogens with zero attached hydrogens (tertiary/aromatic N) is 1. The van der Waals surface area contributed by atoms with Crippen LogP contribution >= 0.6 is 12.4 Å². The van der Waals surface area contributed by atoms with Crippen LogP contribution in [0.2, 0.25) is 0 Å². The largest absolute Gasteiger partial charge is 0.377 e. The van der Waals surface area contributed by atoms with Gasteiger partial charge in [-0.25, -0.2) is 0 Å². The summed E-state index contributed by atoms with van der Waals surface area (Å²) < 4.78 is 11.1. The van der Waals surface area contributed by atoms with Crippen molar-refractivity contribution in [1.82, 2.24) is 4.90 Å². The summed E-state index contributed by atoms with van der Waals surface area (Å²) in [5.41, 5.74) is 5.56. The van der Waals surface area contributed by atoms with Gasteiger partial charge in [-0.2, -0.15) is 0 Å². The normalized spacial score (nSPS) is 36.3. The van der Waals surface area contributed by atoms with Crippen LogP contribution in [0.15, 0.2) is 0 Å². The predicted molar refractivity (Wildman–Crippen MR) is 70.8 cm³/mol. The quantitative estimate of drug-likeness (QED) is 0.801. The molecule has 0 aromatic heterocycles. The zero-order chi connectivity index (χ0) is 12.4. The Morgan fingerprint density at radius 3 is 2.39 bits per heavy atom. The average molecular weight is 279 g/mol. The number of halogens is 1. The van der Waals surface area contributed by atoms with Crippen LogP contribution in [0.4, 0.5) is 0 Å². The Bertz CT molecular complexity index is 280. The molecule has 2 aliphatic rings. The van der Waals surface area contributed by atoms with Crippen molar-refractivity contribution in [3.63, 3.8) is 0 Å². The summed E-state index contributed by atoms with van der Waals surface area (Å²) >= 11 is 0. The van der Waals surface area contributed by atoms with Crippen molar-refractivity contribution in [1.29, 1.82) is 0 Å². The highest BCUT2D eigenvalue weighted by molar-refractivity contribution is 5.85. The summed E-state index contributed by atoms with van der Waals surface area (Å²) in [5, 5.41) is 0. The van der Waals surface area contributed by atoms with Gasteiger partial charge in [0.2, 0.25) is 0 Å². The fraction of sp³-hybridized carbons (Fsp3) is 0.917. The molecule has 2 N–H and O–H groups in total. The van der Waals surface area contributed by atoms with E-state index < -0.39 is 0 Å². The molecule has 2 heterocycles. The molecule has 0 spiro atoms. The number of rotatable bonds is 2. The van der Waals surface area contributed by atoms with Gasteiger partial charge in [-0.15, -0.1) is 12.4 Å². The fourth-order valence-electron chi connectivity index (χ4n) is 2.67. The zero-order valence-corrected chi connectivity index (χ0v) is 11.8. The van der Waals surface area contributed by atoms with Crippen LogP contribution in [0.25, 0.3) is 0 Å². The number of hydrogen-bond donors (Lipinski definition) is 1. The third-order valence-corrected chi connectivity index (χ3v) is 3.57. The van der Waals surface area contributed by atoms with E-state index in [1.54, 1.807) is 0 Å². The molecular weight excluding hydrogens is 256 g/mol. The summed E-state index contributed by atoms with van der Waals surface area (Å²) in [6, 6.07) is 0.263. The second-order valence-electron chi connectivity index (χ2n) is 5.04. The van der Waals surface area contributed by atoms with Crippen LogP contribution in [0.3, 0.4) is 0 Å². The van der Waals surface area contributed by atoms with Gasteiger partial charge >= 0.3 is 0 Å². The van der Waals surface area contributed by atoms with Gasteiger partial charge in [-0.1, -0.05) is 0 Å². The first-order valence-corrected chi connectivity index (χ1v) is 6.39. The Morgan fingerprint density at radius 2 is 1.89 bits per heavy atom. The smallest absolute Gasteiger partial charge is 0.252 e. The lowest BCUT2D eigenvalue weighted by molar-refractivity contribution is -0.155. The highest BCUT2D eigenvalue weighted by atomic mass is 35.5. The Balaban J connectivity index is 0.00000162. The van der Waals surface area contributed by atoms with E-state index in [2.05, 4.69) is 0 Å². The average Bonchev–Trinajstić information content (AvgIpc) is 2.77. The van der Waals surface area contributed by atoms with Crippen molar-refractivity contribution in [2.75, 3.05) is 19.8 Å². The highest BCUT2D eigenvalue weighted by Gasteiger charge is 2.38. The van der Waals surface area contributed by atoms with Gasteiger partial charge in [0, 0.05) is 6.54 Å². The molecule has 2 unspecified atom stereocenters. The van der Waals surface area contributed by atoms with Gasteiger partial charge < -0.3 is 20.1 Å². The number of hydrogen-bond acceptors (Lipinski definition) is 4. The molecule has 106 valence electrons. The zero-order valence-electron chi connectivity index (χ0n) is 11.0. The van der Waals surface area contributed by atoms with Gasteiger partial charge in [-0.05, 0) is 26.7 Å². The minimum Gasteiger partial charge on any atom is -0.377 e. The molecule has 1 amide bonds. The summed E-state index contributed by atoms with van der Waals surface area (Å²) in [4.78, 5) is 14.3. The second kappa shape index (κ2) is 6.70. The molecule has 0 radical (unpaired) electrons. The Hall–Kier alpha value is -0.360. The lowest BCUT2D eigenvalue weighted by Gasteiger charge is -2.40. The summed E-state index contributed by atoms with van der Waals surface area (Å²) in [6.07, 6.45) is 1.43. The van der Waals surface area contributed by atoms with E-state index in [9.17, 15) is 4.79 Å². The third-order valence-electron chi connectivity index (χ3n) is 3.57. The van der Waals surface area contributed by atoms with Crippen molar-refractivity contribution in [2.45, 2.75) is 51.0 Å². The summed E-state index contributed by atoms with van der Waals surface area (Å²) in [6.45, 7) is 5.76. The number of carbonyl (C=O) groups is 1. The van der Waals surface area contributed by atoms with Crippen LogP contribution in [0, 0.1) is 0 Å². The maximum atomic E-state index is 12.4. The second-order valence-corrected chi connectivity index (χ2v) is 5.04. The van der Waals surface area contributed by atoms with E-state index >= 15 is 0 Å². The van der Waals surface area contributed by atoms with Gasteiger partial charge in [0.1, 0.15) is 6.10 Å². The lowest BCUT2D eigenvalue weighted by atomic mass is 10.1. The Kier molecular flexibility index (Phi) is 5.85. The van der Waals surface area contributed by atoms with Gasteiger partial charge in [0.15, 0.2) is 0 Å². The molecule has 2 rings (SSSR count). The minimum absolute atomic E-state index is 0. The van der Waals surface area contributed by atoms with Crippen molar-refractivity contribution < 1.29 is 14.3 Å². The van der Waals surface area contributed by atoms with Crippen LogP contribution in [-0.2, 0) is 14.3 Å². The van der Waals surface area contributed by atoms with Crippen LogP contribution in [-0.4, -0.2) is 54.9 Å². The van der Waals surface area contributed by atoms with E-state index in [0.29, 0.717) is 19.8 Å². The maximum Gasteiger partial charge on any atom is 0.252 e. The molecule has 0 aromatic rings. The number of carbonyl (C=O) groups excluding carboxylic acids is 1. The van der Waals surface area contributed by atoms with E-state index in [0.717, 1.165) is 12.8 Å². The molecule has 0 aromatic carbocycles. The van der Waals surface area contributed by atoms with Crippen molar-refractivity contribution >= 4 is 18.3 Å². The Morgan fingerprint density at radius 1 is 1.28 bits per heavy atom. The first kappa shape index (κ1) is 15.7. The number of nitrogens with two attached hydrogens (primary N) is 1. The van der Waals surface area contributed by atoms with E-state index in [-0.39, 0.29) is 42.6 Å². The molecule has 2 aliphatic heterocycles. The summed E-state index contributed by atoms with van der Waals surface area (Å²) in [5.74, 6) is 0.101. The molecule has 0 saturated carbocycles. The van der Waals surface area contributed by atoms with Crippen LogP contribution < -0.4 is 5.73 Å². The maximum absolute atomic E-state index is 12.4. The Labute approximate surface area is 114 Å². The standard InChI is InChI=1S/C12H22N2O3.ClH/c1-8-6-16-7-9(2)14(8)12(15)11-4-3-10(5-13)17-11;/h8-11H,3-7,13H2,1-2H3;1H/t8?,9?,10-,11+;/m1./s1. The number of amides is 1. The van der Waals surface area contributed by atoms with E-state index in [1.165, 1.54) is 0 Å². The predicted octanol–water partition coefficient (Wildman–Crippen LogP) is 0.550. The van der Waals surface area contributed by atoms with Gasteiger partial charge in [-0.3, -0.25) is 4.79 Å². The lowest BCUT2D eigenvalue weighted by Crippen LogP contribution is -2.55. The molecule has 4 atom stereocenters. The molecule has 2 saturated heterocycles. The van der Waals surface area contributed by atoms with Crippen molar-refractivity contribution in [3.8, 4) is 0 Å². The topological polar surface area (TPSA) is 64.8 Å². The van der Waals surface area contributed by atoms with E-state index in [1.807, 2.05) is 18.7 Å². The molecule has 6 heteroatoms. The monoisotopic (exact) mass is 278 g/mol. The SMILES string of the molecule is CC1COCC(C)N1C(=O)[C@@H]1CC[C@H](CN)O1.Cl. The molecule has 0 bridgehead atoms. The molecule has 0 aliphatic carbocycles. The number of morpholine rings is 1. The van der Waals surface area contributed by atoms with Gasteiger partial charge in [0.25, 0.3) is 5.91 Å². The van der Waals surface area contributed by atoms with Crippen molar-refractivity contribution in [2.24, 2.45) is 5.73 Å². The van der Waals surface area contributed by atoms with Crippen molar-refractivity contribution in [3.05, 3.63) is 0 Å². The third kappa shape index (κ3) is 3.15. The van der Waals surface area contributed by atoms with Crippen LogP contribution in [0.1, 0.15) is 26.7 Å². The fourth-order valence-corrected chi connectivity index (χ4v) is 2.67. The van der Waals surface area contributed by atoms with Crippen LogP contribution in [0.5, 0.6) is 0 Å². The molecule has 18 heavy (non-hydrogen) atoms. The molecule has 5 nitrogen and oxygen atoms in total. The summed E-state index contributed by atoms with van der Waals surface area (Å²) in [7, 11) is 0. The molecular formula is C12H23ClN2O3. The van der Waals surface area contributed by atoms with E-state index in [4.69, 9.17) is 15.2 Å². The number of ether oxygens (including phenoxy) is 2. The minimum atomic E-state index is -0.299. The van der Waals surface area contributed by atoms with Gasteiger partial charge in [0.05, 0.1) is 31.4 Å². The highest BCUT2D eigenvalue weighted by Crippen LogP contribution is 2.24. The first-order chi connectivity index (χ1) is 8.13. The molecule has 2 fully saturated rings.